The second-order valence-electron chi connectivity index (χ2n) is 5.41. The van der Waals surface area contributed by atoms with Crippen LogP contribution in [0.5, 0.6) is 0 Å². The second-order valence-corrected chi connectivity index (χ2v) is 5.41. The molecular formula is C10H15N. The summed E-state index contributed by atoms with van der Waals surface area (Å²) in [6, 6.07) is 0.915. The molecule has 2 bridgehead atoms. The van der Waals surface area contributed by atoms with Crippen molar-refractivity contribution in [1.29, 1.82) is 0 Å². The largest absolute Gasteiger partial charge is 0.307 e. The van der Waals surface area contributed by atoms with E-state index in [9.17, 15) is 0 Å². The molecular weight excluding hydrogens is 134 g/mol. The van der Waals surface area contributed by atoms with Crippen molar-refractivity contribution in [2.24, 2.45) is 23.2 Å². The number of nitrogens with one attached hydrogen (secondary N) is 1. The summed E-state index contributed by atoms with van der Waals surface area (Å²) >= 11 is 0. The van der Waals surface area contributed by atoms with Gasteiger partial charge in [0.2, 0.25) is 0 Å². The van der Waals surface area contributed by atoms with Gasteiger partial charge in [0.15, 0.2) is 0 Å². The standard InChI is InChI=1S/C10H15N/c1-5-3-9(5)8-6(2)7-4-10(8,9)11-7/h5-8,11H,3-4H2,1-2H3. The number of hydrogen-bond acceptors (Lipinski definition) is 1. The van der Waals surface area contributed by atoms with Crippen LogP contribution in [-0.2, 0) is 0 Å². The molecule has 0 aromatic carbocycles. The number of rotatable bonds is 0. The summed E-state index contributed by atoms with van der Waals surface area (Å²) in [7, 11) is 0. The van der Waals surface area contributed by atoms with E-state index in [-0.39, 0.29) is 0 Å². The first kappa shape index (κ1) is 5.58. The van der Waals surface area contributed by atoms with E-state index in [4.69, 9.17) is 0 Å². The first-order valence-electron chi connectivity index (χ1n) is 5.00. The van der Waals surface area contributed by atoms with E-state index in [1.807, 2.05) is 0 Å². The van der Waals surface area contributed by atoms with E-state index in [0.29, 0.717) is 5.54 Å². The molecule has 0 radical (unpaired) electrons. The van der Waals surface area contributed by atoms with Gasteiger partial charge in [0.25, 0.3) is 0 Å². The minimum atomic E-state index is 0.705. The zero-order valence-corrected chi connectivity index (χ0v) is 7.22. The topological polar surface area (TPSA) is 12.0 Å². The van der Waals surface area contributed by atoms with Crippen LogP contribution in [0.15, 0.2) is 0 Å². The van der Waals surface area contributed by atoms with E-state index in [0.717, 1.165) is 29.2 Å². The summed E-state index contributed by atoms with van der Waals surface area (Å²) in [5.41, 5.74) is 1.54. The van der Waals surface area contributed by atoms with Crippen molar-refractivity contribution in [2.45, 2.75) is 38.3 Å². The molecule has 2 aliphatic heterocycles. The summed E-state index contributed by atoms with van der Waals surface area (Å²) in [5, 5.41) is 3.80. The van der Waals surface area contributed by atoms with Crippen molar-refractivity contribution >= 4 is 0 Å². The van der Waals surface area contributed by atoms with Gasteiger partial charge in [-0.3, -0.25) is 0 Å². The van der Waals surface area contributed by atoms with Crippen LogP contribution in [0, 0.1) is 23.2 Å². The van der Waals surface area contributed by atoms with Crippen molar-refractivity contribution in [1.82, 2.24) is 5.32 Å². The highest BCUT2D eigenvalue weighted by molar-refractivity contribution is 5.47. The highest BCUT2D eigenvalue weighted by atomic mass is 15.3. The minimum absolute atomic E-state index is 0.705. The Hall–Kier alpha value is -0.0400. The van der Waals surface area contributed by atoms with E-state index in [2.05, 4.69) is 19.2 Å². The molecule has 2 spiro atoms. The van der Waals surface area contributed by atoms with Gasteiger partial charge in [-0.15, -0.1) is 0 Å². The van der Waals surface area contributed by atoms with E-state index < -0.39 is 0 Å². The third-order valence-electron chi connectivity index (χ3n) is 5.34. The zero-order valence-electron chi connectivity index (χ0n) is 7.22. The molecule has 3 aliphatic carbocycles. The highest BCUT2D eigenvalue weighted by Crippen LogP contribution is 2.89. The zero-order chi connectivity index (χ0) is 7.43. The average Bonchev–Trinajstić information content (AvgIpc) is 2.57. The fraction of sp³-hybridized carbons (Fsp3) is 1.00. The van der Waals surface area contributed by atoms with Gasteiger partial charge < -0.3 is 5.32 Å². The van der Waals surface area contributed by atoms with Crippen LogP contribution in [0.4, 0.5) is 0 Å². The van der Waals surface area contributed by atoms with Crippen LogP contribution >= 0.6 is 0 Å². The minimum Gasteiger partial charge on any atom is -0.307 e. The van der Waals surface area contributed by atoms with Crippen molar-refractivity contribution in [3.8, 4) is 0 Å². The Labute approximate surface area is 67.6 Å². The van der Waals surface area contributed by atoms with Gasteiger partial charge in [0, 0.05) is 11.6 Å². The van der Waals surface area contributed by atoms with Gasteiger partial charge in [-0.2, -0.15) is 0 Å². The van der Waals surface area contributed by atoms with Gasteiger partial charge in [-0.05, 0) is 36.0 Å². The third kappa shape index (κ3) is 0.299. The van der Waals surface area contributed by atoms with Crippen LogP contribution in [0.25, 0.3) is 0 Å². The SMILES string of the molecule is CC1C2CC3(N2)C1C31CC1C. The molecule has 0 aromatic heterocycles. The molecule has 5 fully saturated rings. The Bertz CT molecular complexity index is 250. The van der Waals surface area contributed by atoms with E-state index in [1.165, 1.54) is 12.8 Å². The molecule has 5 aliphatic rings. The average molecular weight is 149 g/mol. The number of hydrogen-bond donors (Lipinski definition) is 1. The Morgan fingerprint density at radius 3 is 2.18 bits per heavy atom. The second kappa shape index (κ2) is 1.10. The van der Waals surface area contributed by atoms with Crippen molar-refractivity contribution in [3.63, 3.8) is 0 Å². The highest BCUT2D eigenvalue weighted by Gasteiger charge is 2.93. The summed E-state index contributed by atoms with van der Waals surface area (Å²) in [5.74, 6) is 3.14. The first-order chi connectivity index (χ1) is 5.22. The lowest BCUT2D eigenvalue weighted by Crippen LogP contribution is -2.53. The third-order valence-corrected chi connectivity index (χ3v) is 5.34. The quantitative estimate of drug-likeness (QED) is 0.549. The lowest BCUT2D eigenvalue weighted by atomic mass is 9.88. The monoisotopic (exact) mass is 149 g/mol. The Kier molecular flexibility index (Phi) is 0.558. The van der Waals surface area contributed by atoms with Gasteiger partial charge in [-0.1, -0.05) is 13.8 Å². The predicted octanol–water partition coefficient (Wildman–Crippen LogP) is 1.39. The summed E-state index contributed by atoms with van der Waals surface area (Å²) in [6.45, 7) is 4.89. The lowest BCUT2D eigenvalue weighted by molar-refractivity contribution is 0.214. The van der Waals surface area contributed by atoms with Gasteiger partial charge in [0.05, 0.1) is 0 Å². The fourth-order valence-corrected chi connectivity index (χ4v) is 4.83. The van der Waals surface area contributed by atoms with E-state index in [1.54, 1.807) is 0 Å². The maximum atomic E-state index is 3.80. The summed E-state index contributed by atoms with van der Waals surface area (Å²) < 4.78 is 0. The molecule has 0 aromatic rings. The molecule has 2 saturated heterocycles. The smallest absolute Gasteiger partial charge is 0.0298 e. The molecule has 60 valence electrons. The van der Waals surface area contributed by atoms with Crippen LogP contribution in [0.1, 0.15) is 26.7 Å². The molecule has 1 heteroatoms. The Morgan fingerprint density at radius 2 is 1.91 bits per heavy atom. The van der Waals surface area contributed by atoms with Gasteiger partial charge in [0.1, 0.15) is 0 Å². The van der Waals surface area contributed by atoms with Crippen LogP contribution in [0.3, 0.4) is 0 Å². The molecule has 0 amide bonds. The maximum absolute atomic E-state index is 3.80. The fourth-order valence-electron chi connectivity index (χ4n) is 4.83. The van der Waals surface area contributed by atoms with Gasteiger partial charge in [-0.25, -0.2) is 0 Å². The molecule has 6 atom stereocenters. The molecule has 6 unspecified atom stereocenters. The molecule has 5 rings (SSSR count). The van der Waals surface area contributed by atoms with Crippen molar-refractivity contribution in [2.75, 3.05) is 0 Å². The Morgan fingerprint density at radius 1 is 1.27 bits per heavy atom. The predicted molar refractivity (Wildman–Crippen MR) is 43.1 cm³/mol. The van der Waals surface area contributed by atoms with Crippen molar-refractivity contribution < 1.29 is 0 Å². The van der Waals surface area contributed by atoms with E-state index >= 15 is 0 Å². The summed E-state index contributed by atoms with van der Waals surface area (Å²) in [6.07, 6.45) is 3.05. The van der Waals surface area contributed by atoms with Crippen LogP contribution in [-0.4, -0.2) is 11.6 Å². The lowest BCUT2D eigenvalue weighted by Gasteiger charge is -2.36. The Balaban J connectivity index is 1.83. The first-order valence-corrected chi connectivity index (χ1v) is 5.00. The normalized spacial score (nSPS) is 81.3. The van der Waals surface area contributed by atoms with Crippen molar-refractivity contribution in [3.05, 3.63) is 0 Å². The molecule has 1 nitrogen and oxygen atoms in total. The number of piperidine rings is 1. The molecule has 1 N–H and O–H groups in total. The molecule has 11 heavy (non-hydrogen) atoms. The maximum Gasteiger partial charge on any atom is 0.0298 e. The van der Waals surface area contributed by atoms with Crippen LogP contribution in [0.2, 0.25) is 0 Å². The molecule has 3 saturated carbocycles. The van der Waals surface area contributed by atoms with Crippen LogP contribution < -0.4 is 5.32 Å². The molecule has 2 heterocycles. The summed E-state index contributed by atoms with van der Waals surface area (Å²) in [4.78, 5) is 0. The van der Waals surface area contributed by atoms with Gasteiger partial charge >= 0.3 is 0 Å².